The second-order valence-electron chi connectivity index (χ2n) is 7.52. The summed E-state index contributed by atoms with van der Waals surface area (Å²) in [6.07, 6.45) is 0. The number of amides is 1. The SMILES string of the molecule is Cc1ccc(-c2nc(C(=O)Nc3cccc([N+](=O)[O-])c3)nn2-c2cccc(C)c2C)cc1. The van der Waals surface area contributed by atoms with E-state index in [2.05, 4.69) is 15.4 Å². The molecule has 0 radical (unpaired) electrons. The number of rotatable bonds is 5. The Hall–Kier alpha value is -4.33. The Kier molecular flexibility index (Phi) is 5.51. The van der Waals surface area contributed by atoms with Crippen molar-refractivity contribution >= 4 is 17.3 Å². The van der Waals surface area contributed by atoms with Crippen LogP contribution in [0.1, 0.15) is 27.3 Å². The number of hydrogen-bond acceptors (Lipinski definition) is 5. The quantitative estimate of drug-likeness (QED) is 0.356. The van der Waals surface area contributed by atoms with Gasteiger partial charge in [-0.05, 0) is 44.0 Å². The Labute approximate surface area is 184 Å². The molecule has 32 heavy (non-hydrogen) atoms. The molecule has 1 amide bonds. The van der Waals surface area contributed by atoms with E-state index < -0.39 is 10.8 Å². The molecule has 0 spiro atoms. The van der Waals surface area contributed by atoms with Crippen molar-refractivity contribution in [1.82, 2.24) is 14.8 Å². The summed E-state index contributed by atoms with van der Waals surface area (Å²) in [4.78, 5) is 27.9. The molecule has 8 nitrogen and oxygen atoms in total. The number of carbonyl (C=O) groups excluding carboxylic acids is 1. The summed E-state index contributed by atoms with van der Waals surface area (Å²) in [5.41, 5.74) is 5.05. The number of nitro groups is 1. The molecule has 8 heteroatoms. The summed E-state index contributed by atoms with van der Waals surface area (Å²) in [7, 11) is 0. The number of non-ortho nitro benzene ring substituents is 1. The van der Waals surface area contributed by atoms with Gasteiger partial charge in [-0.1, -0.05) is 48.0 Å². The second-order valence-corrected chi connectivity index (χ2v) is 7.52. The van der Waals surface area contributed by atoms with Gasteiger partial charge in [0.05, 0.1) is 10.6 Å². The highest BCUT2D eigenvalue weighted by molar-refractivity contribution is 6.02. The smallest absolute Gasteiger partial charge is 0.295 e. The number of aromatic nitrogens is 3. The van der Waals surface area contributed by atoms with Gasteiger partial charge in [-0.3, -0.25) is 14.9 Å². The molecule has 1 aromatic heterocycles. The number of nitrogens with zero attached hydrogens (tertiary/aromatic N) is 4. The van der Waals surface area contributed by atoms with E-state index in [4.69, 9.17) is 0 Å². The lowest BCUT2D eigenvalue weighted by molar-refractivity contribution is -0.384. The largest absolute Gasteiger partial charge is 0.319 e. The molecule has 0 atom stereocenters. The van der Waals surface area contributed by atoms with Gasteiger partial charge in [0, 0.05) is 23.4 Å². The molecule has 4 aromatic rings. The van der Waals surface area contributed by atoms with Gasteiger partial charge in [-0.2, -0.15) is 0 Å². The zero-order chi connectivity index (χ0) is 22.8. The second kappa shape index (κ2) is 8.43. The van der Waals surface area contributed by atoms with E-state index in [0.717, 1.165) is 27.9 Å². The summed E-state index contributed by atoms with van der Waals surface area (Å²) in [6.45, 7) is 6.00. The lowest BCUT2D eigenvalue weighted by Crippen LogP contribution is -2.14. The summed E-state index contributed by atoms with van der Waals surface area (Å²) in [5.74, 6) is -0.0567. The molecule has 0 bridgehead atoms. The third-order valence-electron chi connectivity index (χ3n) is 5.24. The fourth-order valence-electron chi connectivity index (χ4n) is 3.32. The van der Waals surface area contributed by atoms with Crippen LogP contribution < -0.4 is 5.32 Å². The van der Waals surface area contributed by atoms with Crippen molar-refractivity contribution in [3.63, 3.8) is 0 Å². The van der Waals surface area contributed by atoms with Gasteiger partial charge >= 0.3 is 0 Å². The Balaban J connectivity index is 1.77. The summed E-state index contributed by atoms with van der Waals surface area (Å²) in [6, 6.07) is 19.4. The summed E-state index contributed by atoms with van der Waals surface area (Å²) < 4.78 is 1.66. The number of nitrogens with one attached hydrogen (secondary N) is 1. The van der Waals surface area contributed by atoms with Crippen molar-refractivity contribution in [1.29, 1.82) is 0 Å². The third kappa shape index (κ3) is 4.11. The fourth-order valence-corrected chi connectivity index (χ4v) is 3.32. The monoisotopic (exact) mass is 427 g/mol. The van der Waals surface area contributed by atoms with Crippen LogP contribution in [0.2, 0.25) is 0 Å². The number of aryl methyl sites for hydroxylation is 2. The lowest BCUT2D eigenvalue weighted by Gasteiger charge is -2.11. The van der Waals surface area contributed by atoms with Crippen LogP contribution in [0, 0.1) is 30.9 Å². The van der Waals surface area contributed by atoms with Gasteiger partial charge in [-0.25, -0.2) is 9.67 Å². The minimum atomic E-state index is -0.553. The van der Waals surface area contributed by atoms with Crippen LogP contribution in [0.15, 0.2) is 66.7 Å². The number of benzene rings is 3. The molecule has 3 aromatic carbocycles. The van der Waals surface area contributed by atoms with Crippen LogP contribution >= 0.6 is 0 Å². The number of nitro benzene ring substituents is 1. The molecule has 4 rings (SSSR count). The highest BCUT2D eigenvalue weighted by atomic mass is 16.6. The van der Waals surface area contributed by atoms with Crippen molar-refractivity contribution in [3.8, 4) is 17.1 Å². The Bertz CT molecular complexity index is 1330. The minimum Gasteiger partial charge on any atom is -0.319 e. The Morgan fingerprint density at radius 1 is 1.00 bits per heavy atom. The number of carbonyl (C=O) groups is 1. The molecule has 160 valence electrons. The van der Waals surface area contributed by atoms with Gasteiger partial charge < -0.3 is 5.32 Å². The maximum Gasteiger partial charge on any atom is 0.295 e. The van der Waals surface area contributed by atoms with Crippen LogP contribution in [0.25, 0.3) is 17.1 Å². The minimum absolute atomic E-state index is 0.0343. The average molecular weight is 427 g/mol. The zero-order valence-corrected chi connectivity index (χ0v) is 17.9. The first kappa shape index (κ1) is 20.9. The van der Waals surface area contributed by atoms with E-state index >= 15 is 0 Å². The lowest BCUT2D eigenvalue weighted by atomic mass is 10.1. The van der Waals surface area contributed by atoms with E-state index in [1.54, 1.807) is 10.7 Å². The number of hydrogen-bond donors (Lipinski definition) is 1. The molecular formula is C24H21N5O3. The highest BCUT2D eigenvalue weighted by Crippen LogP contribution is 2.25. The van der Waals surface area contributed by atoms with Gasteiger partial charge in [0.25, 0.3) is 11.6 Å². The first-order valence-electron chi connectivity index (χ1n) is 10.00. The predicted molar refractivity (Wildman–Crippen MR) is 122 cm³/mol. The van der Waals surface area contributed by atoms with Gasteiger partial charge in [0.2, 0.25) is 5.82 Å². The molecule has 0 aliphatic heterocycles. The van der Waals surface area contributed by atoms with E-state index in [-0.39, 0.29) is 11.5 Å². The first-order chi connectivity index (χ1) is 15.3. The van der Waals surface area contributed by atoms with Crippen molar-refractivity contribution < 1.29 is 9.72 Å². The van der Waals surface area contributed by atoms with Gasteiger partial charge in [-0.15, -0.1) is 5.10 Å². The van der Waals surface area contributed by atoms with E-state index in [1.807, 2.05) is 63.2 Å². The van der Waals surface area contributed by atoms with Crippen molar-refractivity contribution in [3.05, 3.63) is 99.4 Å². The molecule has 0 aliphatic carbocycles. The van der Waals surface area contributed by atoms with Gasteiger partial charge in [0.15, 0.2) is 5.82 Å². The molecule has 0 aliphatic rings. The molecule has 0 fully saturated rings. The molecule has 0 unspecified atom stereocenters. The highest BCUT2D eigenvalue weighted by Gasteiger charge is 2.20. The summed E-state index contributed by atoms with van der Waals surface area (Å²) >= 11 is 0. The molecular weight excluding hydrogens is 406 g/mol. The maximum absolute atomic E-state index is 12.9. The average Bonchev–Trinajstić information content (AvgIpc) is 3.22. The standard InChI is InChI=1S/C24H21N5O3/c1-15-10-12-18(13-11-15)23-26-22(27-28(23)21-9-4-6-16(2)17(21)3)24(30)25-19-7-5-8-20(14-19)29(31)32/h4-14H,1-3H3,(H,25,30). The number of anilines is 1. The third-order valence-corrected chi connectivity index (χ3v) is 5.24. The molecule has 1 N–H and O–H groups in total. The molecule has 0 saturated carbocycles. The van der Waals surface area contributed by atoms with Gasteiger partial charge in [0.1, 0.15) is 0 Å². The molecule has 0 saturated heterocycles. The first-order valence-corrected chi connectivity index (χ1v) is 10.00. The maximum atomic E-state index is 12.9. The Morgan fingerprint density at radius 2 is 1.72 bits per heavy atom. The van der Waals surface area contributed by atoms with Crippen molar-refractivity contribution in [2.45, 2.75) is 20.8 Å². The predicted octanol–water partition coefficient (Wildman–Crippen LogP) is 5.02. The Morgan fingerprint density at radius 3 is 2.44 bits per heavy atom. The van der Waals surface area contributed by atoms with E-state index in [1.165, 1.54) is 18.2 Å². The fraction of sp³-hybridized carbons (Fsp3) is 0.125. The van der Waals surface area contributed by atoms with Crippen LogP contribution in [0.3, 0.4) is 0 Å². The van der Waals surface area contributed by atoms with E-state index in [0.29, 0.717) is 11.5 Å². The summed E-state index contributed by atoms with van der Waals surface area (Å²) in [5, 5.41) is 18.2. The van der Waals surface area contributed by atoms with Crippen LogP contribution in [-0.2, 0) is 0 Å². The van der Waals surface area contributed by atoms with Crippen molar-refractivity contribution in [2.75, 3.05) is 5.32 Å². The van der Waals surface area contributed by atoms with Crippen LogP contribution in [0.4, 0.5) is 11.4 Å². The topological polar surface area (TPSA) is 103 Å². The normalized spacial score (nSPS) is 10.7. The van der Waals surface area contributed by atoms with Crippen molar-refractivity contribution in [2.24, 2.45) is 0 Å². The zero-order valence-electron chi connectivity index (χ0n) is 17.9. The molecule has 1 heterocycles. The van der Waals surface area contributed by atoms with Crippen LogP contribution in [0.5, 0.6) is 0 Å². The van der Waals surface area contributed by atoms with Crippen LogP contribution in [-0.4, -0.2) is 25.6 Å². The van der Waals surface area contributed by atoms with E-state index in [9.17, 15) is 14.9 Å².